The van der Waals surface area contributed by atoms with Gasteiger partial charge in [-0.05, 0) is 30.7 Å². The smallest absolute Gasteiger partial charge is 0.330 e. The molecule has 1 aliphatic heterocycles. The number of hydrogen-bond donors (Lipinski definition) is 0. The summed E-state index contributed by atoms with van der Waals surface area (Å²) in [5.74, 6) is -0.353. The summed E-state index contributed by atoms with van der Waals surface area (Å²) in [6, 6.07) is 7.35. The number of carbonyl (C=O) groups excluding carboxylic acids is 3. The van der Waals surface area contributed by atoms with E-state index in [9.17, 15) is 14.4 Å². The zero-order valence-electron chi connectivity index (χ0n) is 13.2. The highest BCUT2D eigenvalue weighted by Gasteiger charge is 2.31. The van der Waals surface area contributed by atoms with Crippen molar-refractivity contribution in [2.45, 2.75) is 25.5 Å². The van der Waals surface area contributed by atoms with Crippen LogP contribution in [0.5, 0.6) is 0 Å². The first-order valence-corrected chi connectivity index (χ1v) is 8.30. The predicted octanol–water partition coefficient (Wildman–Crippen LogP) is 2.65. The molecule has 1 aliphatic rings. The average Bonchev–Trinajstić information content (AvgIpc) is 2.86. The minimum absolute atomic E-state index is 0.0170. The van der Waals surface area contributed by atoms with E-state index in [1.165, 1.54) is 24.8 Å². The lowest BCUT2D eigenvalue weighted by atomic mass is 10.2. The highest BCUT2D eigenvalue weighted by Crippen LogP contribution is 2.28. The second-order valence-electron chi connectivity index (χ2n) is 5.12. The van der Waals surface area contributed by atoms with Gasteiger partial charge in [0.1, 0.15) is 0 Å². The monoisotopic (exact) mass is 333 g/mol. The zero-order chi connectivity index (χ0) is 16.8. The molecule has 122 valence electrons. The Bertz CT molecular complexity index is 624. The molecular formula is C17H19NO4S. The van der Waals surface area contributed by atoms with E-state index in [2.05, 4.69) is 0 Å². The third-order valence-corrected chi connectivity index (χ3v) is 4.31. The molecule has 0 radical (unpaired) electrons. The Hall–Kier alpha value is -2.08. The molecule has 1 aromatic carbocycles. The predicted molar refractivity (Wildman–Crippen MR) is 91.1 cm³/mol. The van der Waals surface area contributed by atoms with Gasteiger partial charge in [0.05, 0.1) is 6.61 Å². The molecule has 6 heteroatoms. The van der Waals surface area contributed by atoms with Gasteiger partial charge in [-0.3, -0.25) is 9.59 Å². The fraction of sp³-hybridized carbons (Fsp3) is 0.353. The van der Waals surface area contributed by atoms with Gasteiger partial charge in [0.25, 0.3) is 0 Å². The van der Waals surface area contributed by atoms with Crippen LogP contribution >= 0.6 is 11.8 Å². The van der Waals surface area contributed by atoms with Crippen LogP contribution in [-0.2, 0) is 19.1 Å². The van der Waals surface area contributed by atoms with Gasteiger partial charge in [-0.2, -0.15) is 0 Å². The number of amides is 1. The Balaban J connectivity index is 2.01. The molecule has 0 saturated carbocycles. The molecule has 1 saturated heterocycles. The van der Waals surface area contributed by atoms with E-state index in [0.717, 1.165) is 11.3 Å². The number of nitrogens with zero attached hydrogens (tertiary/aromatic N) is 1. The van der Waals surface area contributed by atoms with Gasteiger partial charge in [0.2, 0.25) is 5.91 Å². The molecule has 0 bridgehead atoms. The van der Waals surface area contributed by atoms with Crippen LogP contribution in [0.25, 0.3) is 6.08 Å². The Morgan fingerprint density at radius 2 is 2.04 bits per heavy atom. The SMILES string of the molecule is CCOC(=O)/C=C/c1ccc(N2CC(SC(C)=O)CC2=O)cc1. The van der Waals surface area contributed by atoms with E-state index in [-0.39, 0.29) is 22.2 Å². The summed E-state index contributed by atoms with van der Waals surface area (Å²) in [4.78, 5) is 36.2. The quantitative estimate of drug-likeness (QED) is 0.612. The molecule has 0 spiro atoms. The molecule has 0 N–H and O–H groups in total. The fourth-order valence-electron chi connectivity index (χ4n) is 2.36. The third kappa shape index (κ3) is 4.96. The largest absolute Gasteiger partial charge is 0.463 e. The van der Waals surface area contributed by atoms with Gasteiger partial charge < -0.3 is 9.64 Å². The number of ether oxygens (including phenoxy) is 1. The first kappa shape index (κ1) is 17.3. The lowest BCUT2D eigenvalue weighted by Gasteiger charge is -2.16. The van der Waals surface area contributed by atoms with Crippen molar-refractivity contribution in [1.82, 2.24) is 0 Å². The van der Waals surface area contributed by atoms with Gasteiger partial charge in [-0.15, -0.1) is 0 Å². The number of anilines is 1. The highest BCUT2D eigenvalue weighted by atomic mass is 32.2. The maximum Gasteiger partial charge on any atom is 0.330 e. The molecule has 23 heavy (non-hydrogen) atoms. The van der Waals surface area contributed by atoms with E-state index in [1.807, 2.05) is 24.3 Å². The van der Waals surface area contributed by atoms with Crippen LogP contribution in [0.2, 0.25) is 0 Å². The summed E-state index contributed by atoms with van der Waals surface area (Å²) in [6.45, 7) is 4.16. The van der Waals surface area contributed by atoms with Crippen molar-refractivity contribution in [2.24, 2.45) is 0 Å². The van der Waals surface area contributed by atoms with Crippen molar-refractivity contribution in [3.8, 4) is 0 Å². The van der Waals surface area contributed by atoms with Crippen LogP contribution in [-0.4, -0.2) is 35.4 Å². The Morgan fingerprint density at radius 1 is 1.35 bits per heavy atom. The van der Waals surface area contributed by atoms with Gasteiger partial charge in [-0.1, -0.05) is 23.9 Å². The average molecular weight is 333 g/mol. The van der Waals surface area contributed by atoms with E-state index in [1.54, 1.807) is 17.9 Å². The maximum atomic E-state index is 12.1. The molecule has 1 atom stereocenters. The third-order valence-electron chi connectivity index (χ3n) is 3.33. The Labute approximate surface area is 139 Å². The Kier molecular flexibility index (Phi) is 5.98. The van der Waals surface area contributed by atoms with E-state index in [4.69, 9.17) is 4.74 Å². The molecular weight excluding hydrogens is 314 g/mol. The first-order valence-electron chi connectivity index (χ1n) is 7.42. The van der Waals surface area contributed by atoms with Crippen molar-refractivity contribution in [2.75, 3.05) is 18.1 Å². The molecule has 1 amide bonds. The lowest BCUT2D eigenvalue weighted by Crippen LogP contribution is -2.24. The molecule has 5 nitrogen and oxygen atoms in total. The van der Waals surface area contributed by atoms with Crippen molar-refractivity contribution >= 4 is 40.5 Å². The van der Waals surface area contributed by atoms with Gasteiger partial charge in [-0.25, -0.2) is 4.79 Å². The van der Waals surface area contributed by atoms with Gasteiger partial charge in [0, 0.05) is 36.9 Å². The zero-order valence-corrected chi connectivity index (χ0v) is 14.0. The number of hydrogen-bond acceptors (Lipinski definition) is 5. The minimum Gasteiger partial charge on any atom is -0.463 e. The molecule has 2 rings (SSSR count). The standard InChI is InChI=1S/C17H19NO4S/c1-3-22-17(21)9-6-13-4-7-14(8-5-13)18-11-15(10-16(18)20)23-12(2)19/h4-9,15H,3,10-11H2,1-2H3/b9-6+. The summed E-state index contributed by atoms with van der Waals surface area (Å²) in [5, 5.41) is 0.0486. The summed E-state index contributed by atoms with van der Waals surface area (Å²) >= 11 is 1.22. The number of esters is 1. The lowest BCUT2D eigenvalue weighted by molar-refractivity contribution is -0.137. The normalized spacial score (nSPS) is 17.7. The van der Waals surface area contributed by atoms with Crippen molar-refractivity contribution < 1.29 is 19.1 Å². The second-order valence-corrected chi connectivity index (χ2v) is 6.59. The van der Waals surface area contributed by atoms with Crippen molar-refractivity contribution in [3.63, 3.8) is 0 Å². The van der Waals surface area contributed by atoms with Crippen molar-refractivity contribution in [1.29, 1.82) is 0 Å². The topological polar surface area (TPSA) is 63.7 Å². The van der Waals surface area contributed by atoms with E-state index < -0.39 is 0 Å². The second kappa shape index (κ2) is 7.97. The maximum absolute atomic E-state index is 12.1. The van der Waals surface area contributed by atoms with Crippen LogP contribution < -0.4 is 4.90 Å². The molecule has 1 aromatic rings. The summed E-state index contributed by atoms with van der Waals surface area (Å²) < 4.78 is 4.82. The molecule has 0 aromatic heterocycles. The number of carbonyl (C=O) groups is 3. The van der Waals surface area contributed by atoms with Crippen molar-refractivity contribution in [3.05, 3.63) is 35.9 Å². The molecule has 1 heterocycles. The number of rotatable bonds is 5. The summed E-state index contributed by atoms with van der Waals surface area (Å²) in [6.07, 6.45) is 3.43. The van der Waals surface area contributed by atoms with Gasteiger partial charge in [0.15, 0.2) is 5.12 Å². The number of benzene rings is 1. The Morgan fingerprint density at radius 3 is 2.65 bits per heavy atom. The fourth-order valence-corrected chi connectivity index (χ4v) is 3.28. The van der Waals surface area contributed by atoms with Crippen LogP contribution in [0.4, 0.5) is 5.69 Å². The van der Waals surface area contributed by atoms with Crippen LogP contribution in [0, 0.1) is 0 Å². The minimum atomic E-state index is -0.379. The summed E-state index contributed by atoms with van der Waals surface area (Å²) in [7, 11) is 0. The highest BCUT2D eigenvalue weighted by molar-refractivity contribution is 8.14. The van der Waals surface area contributed by atoms with E-state index in [0.29, 0.717) is 19.6 Å². The van der Waals surface area contributed by atoms with Crippen LogP contribution in [0.15, 0.2) is 30.3 Å². The molecule has 0 aliphatic carbocycles. The number of thioether (sulfide) groups is 1. The first-order chi connectivity index (χ1) is 11.0. The van der Waals surface area contributed by atoms with E-state index >= 15 is 0 Å². The molecule has 1 fully saturated rings. The van der Waals surface area contributed by atoms with Crippen LogP contribution in [0.3, 0.4) is 0 Å². The summed E-state index contributed by atoms with van der Waals surface area (Å²) in [5.41, 5.74) is 1.65. The van der Waals surface area contributed by atoms with Crippen LogP contribution in [0.1, 0.15) is 25.8 Å². The van der Waals surface area contributed by atoms with Gasteiger partial charge >= 0.3 is 5.97 Å². The molecule has 1 unspecified atom stereocenters.